The molecule has 3 rings (SSSR count). The normalized spacial score (nSPS) is 11.7. The van der Waals surface area contributed by atoms with Gasteiger partial charge in [0.2, 0.25) is 15.8 Å². The molecule has 0 saturated carbocycles. The number of nitrogens with two attached hydrogens (primary N) is 2. The fourth-order valence-electron chi connectivity index (χ4n) is 1.95. The molecule has 0 saturated heterocycles. The highest BCUT2D eigenvalue weighted by Gasteiger charge is 2.21. The summed E-state index contributed by atoms with van der Waals surface area (Å²) in [6.45, 7) is 0. The molecular weight excluding hydrogens is 361 g/mol. The summed E-state index contributed by atoms with van der Waals surface area (Å²) in [6, 6.07) is 6.77. The molecule has 0 bridgehead atoms. The number of rotatable bonds is 2. The number of halogens is 2. The predicted molar refractivity (Wildman–Crippen MR) is 88.1 cm³/mol. The summed E-state index contributed by atoms with van der Waals surface area (Å²) in [7, 11) is -3.89. The van der Waals surface area contributed by atoms with Crippen molar-refractivity contribution in [1.29, 1.82) is 0 Å². The summed E-state index contributed by atoms with van der Waals surface area (Å²) in [5, 5.41) is 0.179. The third-order valence-electron chi connectivity index (χ3n) is 3.04. The van der Waals surface area contributed by atoms with Crippen molar-refractivity contribution in [2.75, 3.05) is 11.5 Å². The summed E-state index contributed by atoms with van der Waals surface area (Å²) in [4.78, 5) is 11.7. The van der Waals surface area contributed by atoms with Gasteiger partial charge in [-0.15, -0.1) is 0 Å². The molecule has 3 aromatic rings. The van der Waals surface area contributed by atoms with Gasteiger partial charge in [-0.2, -0.15) is 4.98 Å². The number of hydrogen-bond acceptors (Lipinski definition) is 7. The molecule has 0 aliphatic rings. The Labute approximate surface area is 141 Å². The van der Waals surface area contributed by atoms with Crippen molar-refractivity contribution in [2.45, 2.75) is 9.92 Å². The molecule has 23 heavy (non-hydrogen) atoms. The van der Waals surface area contributed by atoms with Crippen LogP contribution in [0.1, 0.15) is 0 Å². The Balaban J connectivity index is 2.20. The minimum atomic E-state index is -3.89. The van der Waals surface area contributed by atoms with Gasteiger partial charge in [0.1, 0.15) is 5.52 Å². The van der Waals surface area contributed by atoms with Crippen LogP contribution in [0.15, 0.2) is 40.3 Å². The van der Waals surface area contributed by atoms with Crippen LogP contribution in [0.25, 0.3) is 11.0 Å². The number of sulfone groups is 1. The highest BCUT2D eigenvalue weighted by Crippen LogP contribution is 2.28. The monoisotopic (exact) mass is 369 g/mol. The molecule has 7 nitrogen and oxygen atoms in total. The first-order valence-electron chi connectivity index (χ1n) is 6.19. The standard InChI is InChI=1S/C13H9Cl2N5O2S/c14-7-2-1-6(5-8(7)15)23(21,22)10-4-3-9-11(19-10)12(16)20-13(17)18-9/h1-5H,(H4,16,17,18,20). The number of pyridine rings is 1. The van der Waals surface area contributed by atoms with E-state index in [9.17, 15) is 8.42 Å². The molecular formula is C13H9Cl2N5O2S. The molecule has 2 heterocycles. The highest BCUT2D eigenvalue weighted by atomic mass is 35.5. The van der Waals surface area contributed by atoms with Crippen LogP contribution in [-0.2, 0) is 9.84 Å². The van der Waals surface area contributed by atoms with Crippen LogP contribution in [0.5, 0.6) is 0 Å². The zero-order chi connectivity index (χ0) is 16.8. The van der Waals surface area contributed by atoms with E-state index >= 15 is 0 Å². The van der Waals surface area contributed by atoms with Crippen molar-refractivity contribution in [3.8, 4) is 0 Å². The third kappa shape index (κ3) is 2.76. The van der Waals surface area contributed by atoms with Crippen LogP contribution in [-0.4, -0.2) is 23.4 Å². The van der Waals surface area contributed by atoms with Gasteiger partial charge in [-0.25, -0.2) is 18.4 Å². The Bertz CT molecular complexity index is 1040. The summed E-state index contributed by atoms with van der Waals surface area (Å²) in [5.41, 5.74) is 11.7. The molecule has 1 aromatic carbocycles. The minimum absolute atomic E-state index is 0.00121. The molecule has 0 atom stereocenters. The van der Waals surface area contributed by atoms with E-state index in [0.717, 1.165) is 0 Å². The molecule has 10 heteroatoms. The van der Waals surface area contributed by atoms with Gasteiger partial charge in [-0.3, -0.25) is 0 Å². The van der Waals surface area contributed by atoms with Crippen LogP contribution >= 0.6 is 23.2 Å². The van der Waals surface area contributed by atoms with E-state index in [0.29, 0.717) is 5.52 Å². The van der Waals surface area contributed by atoms with Crippen LogP contribution in [0.3, 0.4) is 0 Å². The number of anilines is 2. The summed E-state index contributed by atoms with van der Waals surface area (Å²) >= 11 is 11.7. The van der Waals surface area contributed by atoms with Crippen molar-refractivity contribution in [1.82, 2.24) is 15.0 Å². The van der Waals surface area contributed by atoms with Gasteiger partial charge in [0.25, 0.3) is 0 Å². The van der Waals surface area contributed by atoms with Crippen LogP contribution in [0, 0.1) is 0 Å². The molecule has 0 fully saturated rings. The lowest BCUT2D eigenvalue weighted by atomic mass is 10.3. The fraction of sp³-hybridized carbons (Fsp3) is 0. The van der Waals surface area contributed by atoms with Gasteiger partial charge in [0.05, 0.1) is 20.5 Å². The van der Waals surface area contributed by atoms with Gasteiger partial charge >= 0.3 is 0 Å². The molecule has 0 radical (unpaired) electrons. The Hall–Kier alpha value is -2.16. The topological polar surface area (TPSA) is 125 Å². The molecule has 0 spiro atoms. The van der Waals surface area contributed by atoms with Crippen LogP contribution in [0.2, 0.25) is 10.0 Å². The first kappa shape index (κ1) is 15.7. The Morgan fingerprint density at radius 1 is 0.913 bits per heavy atom. The average molecular weight is 370 g/mol. The van der Waals surface area contributed by atoms with E-state index in [4.69, 9.17) is 34.7 Å². The van der Waals surface area contributed by atoms with Gasteiger partial charge in [-0.05, 0) is 30.3 Å². The zero-order valence-electron chi connectivity index (χ0n) is 11.4. The number of hydrogen-bond donors (Lipinski definition) is 2. The Morgan fingerprint density at radius 3 is 2.35 bits per heavy atom. The van der Waals surface area contributed by atoms with Crippen molar-refractivity contribution in [3.05, 3.63) is 40.4 Å². The fourth-order valence-corrected chi connectivity index (χ4v) is 3.53. The summed E-state index contributed by atoms with van der Waals surface area (Å²) in [5.74, 6) is -0.0180. The number of fused-ring (bicyclic) bond motifs is 1. The average Bonchev–Trinajstić information content (AvgIpc) is 2.49. The Kier molecular flexibility index (Phi) is 3.75. The number of aromatic nitrogens is 3. The van der Waals surface area contributed by atoms with E-state index in [1.165, 1.54) is 30.3 Å². The predicted octanol–water partition coefficient (Wildman–Crippen LogP) is 2.33. The smallest absolute Gasteiger partial charge is 0.223 e. The lowest BCUT2D eigenvalue weighted by Crippen LogP contribution is -2.07. The summed E-state index contributed by atoms with van der Waals surface area (Å²) in [6.07, 6.45) is 0. The second-order valence-electron chi connectivity index (χ2n) is 4.56. The van der Waals surface area contributed by atoms with Crippen molar-refractivity contribution in [3.63, 3.8) is 0 Å². The third-order valence-corrected chi connectivity index (χ3v) is 5.43. The van der Waals surface area contributed by atoms with Gasteiger partial charge in [0.15, 0.2) is 10.8 Å². The lowest BCUT2D eigenvalue weighted by molar-refractivity contribution is 0.593. The first-order valence-corrected chi connectivity index (χ1v) is 8.43. The second kappa shape index (κ2) is 5.48. The van der Waals surface area contributed by atoms with Crippen LogP contribution in [0.4, 0.5) is 11.8 Å². The van der Waals surface area contributed by atoms with Gasteiger partial charge in [-0.1, -0.05) is 23.2 Å². The lowest BCUT2D eigenvalue weighted by Gasteiger charge is -2.07. The molecule has 0 unspecified atom stereocenters. The maximum atomic E-state index is 12.6. The first-order chi connectivity index (χ1) is 10.8. The van der Waals surface area contributed by atoms with Crippen LogP contribution < -0.4 is 11.5 Å². The summed E-state index contributed by atoms with van der Waals surface area (Å²) < 4.78 is 25.3. The second-order valence-corrected chi connectivity index (χ2v) is 7.27. The van der Waals surface area contributed by atoms with Crippen molar-refractivity contribution < 1.29 is 8.42 Å². The van der Waals surface area contributed by atoms with E-state index in [1.807, 2.05) is 0 Å². The van der Waals surface area contributed by atoms with E-state index in [1.54, 1.807) is 0 Å². The molecule has 0 aliphatic heterocycles. The molecule has 0 amide bonds. The van der Waals surface area contributed by atoms with E-state index in [-0.39, 0.29) is 37.2 Å². The SMILES string of the molecule is Nc1nc(N)c2nc(S(=O)(=O)c3ccc(Cl)c(Cl)c3)ccc2n1. The van der Waals surface area contributed by atoms with Gasteiger partial charge < -0.3 is 11.5 Å². The van der Waals surface area contributed by atoms with Crippen molar-refractivity contribution >= 4 is 55.8 Å². The maximum absolute atomic E-state index is 12.6. The van der Waals surface area contributed by atoms with E-state index in [2.05, 4.69) is 15.0 Å². The van der Waals surface area contributed by atoms with E-state index < -0.39 is 9.84 Å². The van der Waals surface area contributed by atoms with Crippen molar-refractivity contribution in [2.24, 2.45) is 0 Å². The number of nitrogens with zero attached hydrogens (tertiary/aromatic N) is 3. The molecule has 2 aromatic heterocycles. The maximum Gasteiger partial charge on any atom is 0.223 e. The number of nitrogen functional groups attached to an aromatic ring is 2. The molecule has 0 aliphatic carbocycles. The highest BCUT2D eigenvalue weighted by molar-refractivity contribution is 7.91. The van der Waals surface area contributed by atoms with Gasteiger partial charge in [0, 0.05) is 0 Å². The Morgan fingerprint density at radius 2 is 1.65 bits per heavy atom. The zero-order valence-corrected chi connectivity index (χ0v) is 13.7. The molecule has 4 N–H and O–H groups in total. The minimum Gasteiger partial charge on any atom is -0.382 e. The largest absolute Gasteiger partial charge is 0.382 e. The molecule has 118 valence electrons. The number of benzene rings is 1. The quantitative estimate of drug-likeness (QED) is 0.709.